The van der Waals surface area contributed by atoms with Crippen LogP contribution in [0.5, 0.6) is 5.75 Å². The lowest BCUT2D eigenvalue weighted by atomic mass is 10.2. The molecular weight excluding hydrogens is 276 g/mol. The monoisotopic (exact) mass is 290 g/mol. The van der Waals surface area contributed by atoms with Gasteiger partial charge in [0.15, 0.2) is 11.9 Å². The third-order valence-electron chi connectivity index (χ3n) is 3.03. The number of aromatic hydroxyl groups is 1. The summed E-state index contributed by atoms with van der Waals surface area (Å²) >= 11 is 0. The van der Waals surface area contributed by atoms with E-state index in [1.54, 1.807) is 26.0 Å². The Labute approximate surface area is 120 Å². The van der Waals surface area contributed by atoms with E-state index in [0.29, 0.717) is 11.5 Å². The predicted octanol–water partition coefficient (Wildman–Crippen LogP) is 2.01. The van der Waals surface area contributed by atoms with Gasteiger partial charge in [0.1, 0.15) is 11.9 Å². The SMILES string of the molecule is Cc1ncc([N+](=O)[O-])n1C(C)C(=O)Nc1cccc(O)c1. The van der Waals surface area contributed by atoms with Crippen LogP contribution in [-0.2, 0) is 4.79 Å². The van der Waals surface area contributed by atoms with Crippen LogP contribution in [0.2, 0.25) is 0 Å². The number of hydrogen-bond donors (Lipinski definition) is 2. The number of nitrogens with zero attached hydrogens (tertiary/aromatic N) is 3. The molecule has 0 aliphatic carbocycles. The average Bonchev–Trinajstić information content (AvgIpc) is 2.80. The van der Waals surface area contributed by atoms with Crippen LogP contribution >= 0.6 is 0 Å². The molecule has 0 aliphatic heterocycles. The van der Waals surface area contributed by atoms with Gasteiger partial charge in [-0.2, -0.15) is 4.57 Å². The van der Waals surface area contributed by atoms with Gasteiger partial charge in [0, 0.05) is 18.7 Å². The third-order valence-corrected chi connectivity index (χ3v) is 3.03. The lowest BCUT2D eigenvalue weighted by Gasteiger charge is -2.12. The third kappa shape index (κ3) is 2.99. The van der Waals surface area contributed by atoms with Gasteiger partial charge in [-0.25, -0.2) is 4.98 Å². The Kier molecular flexibility index (Phi) is 3.88. The van der Waals surface area contributed by atoms with E-state index in [-0.39, 0.29) is 11.6 Å². The Morgan fingerprint density at radius 2 is 2.24 bits per heavy atom. The highest BCUT2D eigenvalue weighted by atomic mass is 16.6. The molecule has 1 atom stereocenters. The van der Waals surface area contributed by atoms with Gasteiger partial charge in [-0.3, -0.25) is 4.79 Å². The standard InChI is InChI=1S/C13H14N4O4/c1-8(16-9(2)14-7-12(16)17(20)21)13(19)15-10-4-3-5-11(18)6-10/h3-8,18H,1-2H3,(H,15,19). The molecule has 2 N–H and O–H groups in total. The number of carbonyl (C=O) groups is 1. The maximum atomic E-state index is 12.2. The lowest BCUT2D eigenvalue weighted by Crippen LogP contribution is -2.25. The zero-order chi connectivity index (χ0) is 15.6. The number of anilines is 1. The molecule has 1 aromatic carbocycles. The van der Waals surface area contributed by atoms with Crippen molar-refractivity contribution in [3.8, 4) is 5.75 Å². The molecule has 1 unspecified atom stereocenters. The van der Waals surface area contributed by atoms with Crippen molar-refractivity contribution in [1.29, 1.82) is 0 Å². The summed E-state index contributed by atoms with van der Waals surface area (Å²) in [5, 5.41) is 22.9. The molecule has 1 amide bonds. The number of carbonyl (C=O) groups excluding carboxylic acids is 1. The fourth-order valence-electron chi connectivity index (χ4n) is 2.00. The van der Waals surface area contributed by atoms with Gasteiger partial charge in [-0.15, -0.1) is 0 Å². The number of phenolic OH excluding ortho intramolecular Hbond substituents is 1. The molecule has 0 aliphatic rings. The summed E-state index contributed by atoms with van der Waals surface area (Å²) in [5.74, 6) is -0.290. The average molecular weight is 290 g/mol. The summed E-state index contributed by atoms with van der Waals surface area (Å²) in [7, 11) is 0. The number of phenols is 1. The number of aryl methyl sites for hydroxylation is 1. The fourth-order valence-corrected chi connectivity index (χ4v) is 2.00. The van der Waals surface area contributed by atoms with Gasteiger partial charge in [0.05, 0.1) is 0 Å². The smallest absolute Gasteiger partial charge is 0.343 e. The van der Waals surface area contributed by atoms with Crippen molar-refractivity contribution >= 4 is 17.4 Å². The maximum Gasteiger partial charge on any atom is 0.343 e. The van der Waals surface area contributed by atoms with Crippen molar-refractivity contribution in [2.75, 3.05) is 5.32 Å². The van der Waals surface area contributed by atoms with Crippen LogP contribution in [0.15, 0.2) is 30.5 Å². The van der Waals surface area contributed by atoms with Gasteiger partial charge >= 0.3 is 5.82 Å². The number of hydrogen-bond acceptors (Lipinski definition) is 5. The minimum atomic E-state index is -0.810. The zero-order valence-electron chi connectivity index (χ0n) is 11.5. The van der Waals surface area contributed by atoms with E-state index in [1.807, 2.05) is 0 Å². The summed E-state index contributed by atoms with van der Waals surface area (Å²) in [6.07, 6.45) is 1.12. The first kappa shape index (κ1) is 14.5. The molecule has 0 spiro atoms. The maximum absolute atomic E-state index is 12.2. The van der Waals surface area contributed by atoms with E-state index in [2.05, 4.69) is 10.3 Å². The number of nitro groups is 1. The molecule has 0 saturated heterocycles. The number of benzene rings is 1. The van der Waals surface area contributed by atoms with Crippen LogP contribution in [-0.4, -0.2) is 25.5 Å². The number of aromatic nitrogens is 2. The van der Waals surface area contributed by atoms with E-state index in [9.17, 15) is 20.0 Å². The van der Waals surface area contributed by atoms with Crippen LogP contribution in [0, 0.1) is 17.0 Å². The minimum Gasteiger partial charge on any atom is -0.508 e. The summed E-state index contributed by atoms with van der Waals surface area (Å²) in [4.78, 5) is 26.4. The molecule has 0 saturated carbocycles. The highest BCUT2D eigenvalue weighted by Crippen LogP contribution is 2.22. The molecule has 8 heteroatoms. The highest BCUT2D eigenvalue weighted by molar-refractivity contribution is 5.93. The van der Waals surface area contributed by atoms with Gasteiger partial charge < -0.3 is 20.5 Å². The highest BCUT2D eigenvalue weighted by Gasteiger charge is 2.28. The Hall–Kier alpha value is -2.90. The largest absolute Gasteiger partial charge is 0.508 e. The van der Waals surface area contributed by atoms with Crippen molar-refractivity contribution < 1.29 is 14.8 Å². The summed E-state index contributed by atoms with van der Waals surface area (Å²) < 4.78 is 1.25. The van der Waals surface area contributed by atoms with Crippen LogP contribution in [0.4, 0.5) is 11.5 Å². The van der Waals surface area contributed by atoms with Crippen LogP contribution < -0.4 is 5.32 Å². The quantitative estimate of drug-likeness (QED) is 0.661. The normalized spacial score (nSPS) is 11.9. The van der Waals surface area contributed by atoms with Gasteiger partial charge in [0.2, 0.25) is 0 Å². The molecule has 0 bridgehead atoms. The van der Waals surface area contributed by atoms with E-state index in [4.69, 9.17) is 0 Å². The van der Waals surface area contributed by atoms with Crippen LogP contribution in [0.3, 0.4) is 0 Å². The van der Waals surface area contributed by atoms with Gasteiger partial charge in [-0.1, -0.05) is 6.07 Å². The van der Waals surface area contributed by atoms with E-state index in [1.165, 1.54) is 16.7 Å². The number of amides is 1. The van der Waals surface area contributed by atoms with Crippen molar-refractivity contribution in [2.45, 2.75) is 19.9 Å². The minimum absolute atomic E-state index is 0.0187. The molecule has 1 aromatic heterocycles. The molecule has 2 rings (SSSR count). The predicted molar refractivity (Wildman–Crippen MR) is 75.1 cm³/mol. The number of imidazole rings is 1. The second kappa shape index (κ2) is 5.61. The van der Waals surface area contributed by atoms with Crippen LogP contribution in [0.1, 0.15) is 18.8 Å². The number of nitrogens with one attached hydrogen (secondary N) is 1. The number of rotatable bonds is 4. The molecule has 110 valence electrons. The first-order chi connectivity index (χ1) is 9.90. The molecule has 2 aromatic rings. The first-order valence-electron chi connectivity index (χ1n) is 6.18. The second-order valence-corrected chi connectivity index (χ2v) is 4.51. The summed E-state index contributed by atoms with van der Waals surface area (Å²) in [5.41, 5.74) is 0.410. The fraction of sp³-hybridized carbons (Fsp3) is 0.231. The van der Waals surface area contributed by atoms with Gasteiger partial charge in [-0.05, 0) is 24.0 Å². The van der Waals surface area contributed by atoms with E-state index < -0.39 is 16.9 Å². The Balaban J connectivity index is 2.24. The molecule has 0 fully saturated rings. The lowest BCUT2D eigenvalue weighted by molar-refractivity contribution is -0.392. The van der Waals surface area contributed by atoms with Crippen molar-refractivity contribution in [3.63, 3.8) is 0 Å². The van der Waals surface area contributed by atoms with E-state index in [0.717, 1.165) is 6.20 Å². The molecular formula is C13H14N4O4. The molecule has 8 nitrogen and oxygen atoms in total. The Morgan fingerprint density at radius 1 is 1.52 bits per heavy atom. The molecule has 1 heterocycles. The van der Waals surface area contributed by atoms with Crippen molar-refractivity contribution in [1.82, 2.24) is 9.55 Å². The molecule has 21 heavy (non-hydrogen) atoms. The topological polar surface area (TPSA) is 110 Å². The molecule has 0 radical (unpaired) electrons. The Morgan fingerprint density at radius 3 is 2.86 bits per heavy atom. The second-order valence-electron chi connectivity index (χ2n) is 4.51. The Bertz CT molecular complexity index is 695. The first-order valence-corrected chi connectivity index (χ1v) is 6.18. The zero-order valence-corrected chi connectivity index (χ0v) is 11.5. The van der Waals surface area contributed by atoms with Crippen molar-refractivity contribution in [3.05, 3.63) is 46.4 Å². The van der Waals surface area contributed by atoms with Crippen LogP contribution in [0.25, 0.3) is 0 Å². The van der Waals surface area contributed by atoms with Gasteiger partial charge in [0.25, 0.3) is 5.91 Å². The summed E-state index contributed by atoms with van der Waals surface area (Å²) in [6, 6.07) is 5.25. The van der Waals surface area contributed by atoms with Crippen molar-refractivity contribution in [2.24, 2.45) is 0 Å². The summed E-state index contributed by atoms with van der Waals surface area (Å²) in [6.45, 7) is 3.13. The van der Waals surface area contributed by atoms with E-state index >= 15 is 0 Å².